The van der Waals surface area contributed by atoms with E-state index in [-0.39, 0.29) is 30.9 Å². The van der Waals surface area contributed by atoms with E-state index in [1.165, 1.54) is 11.8 Å². The number of carbonyl (C=O) groups excluding carboxylic acids is 2. The van der Waals surface area contributed by atoms with Crippen molar-refractivity contribution in [1.82, 2.24) is 0 Å². The van der Waals surface area contributed by atoms with Gasteiger partial charge in [0.05, 0.1) is 23.4 Å². The highest BCUT2D eigenvalue weighted by Crippen LogP contribution is 2.25. The second-order valence-corrected chi connectivity index (χ2v) is 6.29. The number of hydrogen-bond acceptors (Lipinski definition) is 4. The highest BCUT2D eigenvalue weighted by Gasteiger charge is 2.15. The first-order valence-electron chi connectivity index (χ1n) is 8.74. The number of nitrogens with zero attached hydrogens (tertiary/aromatic N) is 2. The Kier molecular flexibility index (Phi) is 6.95. The van der Waals surface area contributed by atoms with Gasteiger partial charge in [0.1, 0.15) is 5.75 Å². The molecule has 0 aromatic heterocycles. The van der Waals surface area contributed by atoms with E-state index in [9.17, 15) is 9.59 Å². The van der Waals surface area contributed by atoms with Crippen molar-refractivity contribution in [2.75, 3.05) is 16.8 Å². The van der Waals surface area contributed by atoms with Gasteiger partial charge in [0.2, 0.25) is 11.8 Å². The van der Waals surface area contributed by atoms with Crippen molar-refractivity contribution in [2.24, 2.45) is 0 Å². The molecule has 0 aliphatic carbocycles. The van der Waals surface area contributed by atoms with Gasteiger partial charge < -0.3 is 15.0 Å². The number of carbonyl (C=O) groups is 2. The molecule has 0 heterocycles. The molecule has 0 saturated carbocycles. The summed E-state index contributed by atoms with van der Waals surface area (Å²) >= 11 is 0. The van der Waals surface area contributed by atoms with Gasteiger partial charge in [-0.25, -0.2) is 0 Å². The van der Waals surface area contributed by atoms with E-state index in [1.54, 1.807) is 36.4 Å². The number of ether oxygens (including phenoxy) is 1. The van der Waals surface area contributed by atoms with Gasteiger partial charge in [-0.05, 0) is 44.2 Å². The molecule has 0 bridgehead atoms. The minimum Gasteiger partial charge on any atom is -0.489 e. The van der Waals surface area contributed by atoms with Crippen molar-refractivity contribution >= 4 is 23.2 Å². The summed E-state index contributed by atoms with van der Waals surface area (Å²) in [6, 6.07) is 16.0. The van der Waals surface area contributed by atoms with Gasteiger partial charge in [0, 0.05) is 25.6 Å². The predicted octanol–water partition coefficient (Wildman–Crippen LogP) is 3.73. The summed E-state index contributed by atoms with van der Waals surface area (Å²) in [6.07, 6.45) is 0.107. The number of nitrogens with one attached hydrogen (secondary N) is 1. The fourth-order valence-corrected chi connectivity index (χ4v) is 2.56. The normalized spacial score (nSPS) is 10.2. The Bertz CT molecular complexity index is 856. The van der Waals surface area contributed by atoms with E-state index >= 15 is 0 Å². The van der Waals surface area contributed by atoms with Crippen LogP contribution >= 0.6 is 0 Å². The zero-order valence-corrected chi connectivity index (χ0v) is 15.7. The topological polar surface area (TPSA) is 82.4 Å². The Balaban J connectivity index is 2.05. The first-order chi connectivity index (χ1) is 12.9. The van der Waals surface area contributed by atoms with E-state index in [0.717, 1.165) is 0 Å². The Morgan fingerprint density at radius 2 is 1.93 bits per heavy atom. The molecule has 2 aromatic rings. The summed E-state index contributed by atoms with van der Waals surface area (Å²) < 4.78 is 5.70. The minimum absolute atomic E-state index is 0.0105. The fourth-order valence-electron chi connectivity index (χ4n) is 2.56. The first kappa shape index (κ1) is 20.0. The molecule has 0 spiro atoms. The average molecular weight is 365 g/mol. The Morgan fingerprint density at radius 3 is 2.59 bits per heavy atom. The van der Waals surface area contributed by atoms with Gasteiger partial charge in [0.25, 0.3) is 0 Å². The van der Waals surface area contributed by atoms with E-state index in [2.05, 4.69) is 5.32 Å². The maximum absolute atomic E-state index is 12.4. The van der Waals surface area contributed by atoms with Crippen molar-refractivity contribution in [3.63, 3.8) is 0 Å². The number of nitriles is 1. The van der Waals surface area contributed by atoms with Crippen molar-refractivity contribution in [3.8, 4) is 11.8 Å². The predicted molar refractivity (Wildman–Crippen MR) is 105 cm³/mol. The molecule has 0 aliphatic heterocycles. The van der Waals surface area contributed by atoms with Crippen molar-refractivity contribution in [2.45, 2.75) is 33.3 Å². The molecule has 0 atom stereocenters. The zero-order chi connectivity index (χ0) is 19.8. The number of rotatable bonds is 7. The zero-order valence-electron chi connectivity index (χ0n) is 15.7. The molecule has 6 heteroatoms. The first-order valence-corrected chi connectivity index (χ1v) is 8.74. The number of para-hydroxylation sites is 2. The largest absolute Gasteiger partial charge is 0.489 e. The van der Waals surface area contributed by atoms with E-state index in [4.69, 9.17) is 10.00 Å². The van der Waals surface area contributed by atoms with Gasteiger partial charge in [0.15, 0.2) is 0 Å². The number of anilines is 2. The third-order valence-electron chi connectivity index (χ3n) is 3.75. The quantitative estimate of drug-likeness (QED) is 0.810. The summed E-state index contributed by atoms with van der Waals surface area (Å²) in [5.74, 6) is 0.185. The summed E-state index contributed by atoms with van der Waals surface area (Å²) in [5, 5.41) is 11.9. The van der Waals surface area contributed by atoms with Crippen LogP contribution < -0.4 is 15.0 Å². The smallest absolute Gasteiger partial charge is 0.226 e. The van der Waals surface area contributed by atoms with Crippen molar-refractivity contribution in [1.29, 1.82) is 5.26 Å². The fraction of sp³-hybridized carbons (Fsp3) is 0.286. The molecule has 2 amide bonds. The maximum atomic E-state index is 12.4. The number of hydrogen-bond donors (Lipinski definition) is 1. The summed E-state index contributed by atoms with van der Waals surface area (Å²) in [7, 11) is 0. The molecule has 6 nitrogen and oxygen atoms in total. The number of amides is 2. The summed E-state index contributed by atoms with van der Waals surface area (Å²) in [5.41, 5.74) is 1.65. The molecular weight excluding hydrogens is 342 g/mol. The van der Waals surface area contributed by atoms with E-state index < -0.39 is 0 Å². The lowest BCUT2D eigenvalue weighted by molar-refractivity contribution is -0.117. The number of benzene rings is 2. The van der Waals surface area contributed by atoms with E-state index in [0.29, 0.717) is 22.7 Å². The van der Waals surface area contributed by atoms with Crippen LogP contribution in [-0.4, -0.2) is 24.5 Å². The van der Waals surface area contributed by atoms with Gasteiger partial charge in [-0.1, -0.05) is 18.2 Å². The Labute approximate surface area is 159 Å². The standard InChI is InChI=1S/C21H23N3O3/c1-15(2)27-20-10-5-4-9-19(20)23-21(26)11-12-24(16(3)25)18-8-6-7-17(13-18)14-22/h4-10,13,15H,11-12H2,1-3H3,(H,23,26). The Morgan fingerprint density at radius 1 is 1.19 bits per heavy atom. The van der Waals surface area contributed by atoms with Crippen LogP contribution in [0.15, 0.2) is 48.5 Å². The summed E-state index contributed by atoms with van der Waals surface area (Å²) in [6.45, 7) is 5.48. The van der Waals surface area contributed by atoms with Crippen LogP contribution in [-0.2, 0) is 9.59 Å². The van der Waals surface area contributed by atoms with E-state index in [1.807, 2.05) is 32.0 Å². The van der Waals surface area contributed by atoms with Crippen molar-refractivity contribution in [3.05, 3.63) is 54.1 Å². The van der Waals surface area contributed by atoms with Crippen molar-refractivity contribution < 1.29 is 14.3 Å². The van der Waals surface area contributed by atoms with Gasteiger partial charge >= 0.3 is 0 Å². The van der Waals surface area contributed by atoms with Crippen LogP contribution in [0.2, 0.25) is 0 Å². The molecule has 1 N–H and O–H groups in total. The van der Waals surface area contributed by atoms with Crippen LogP contribution in [0.4, 0.5) is 11.4 Å². The average Bonchev–Trinajstić information content (AvgIpc) is 2.63. The molecule has 0 radical (unpaired) electrons. The van der Waals surface area contributed by atoms with Crippen LogP contribution in [0.3, 0.4) is 0 Å². The highest BCUT2D eigenvalue weighted by atomic mass is 16.5. The SMILES string of the molecule is CC(=O)N(CCC(=O)Nc1ccccc1OC(C)C)c1cccc(C#N)c1. The van der Waals surface area contributed by atoms with Crippen LogP contribution in [0.5, 0.6) is 5.75 Å². The maximum Gasteiger partial charge on any atom is 0.226 e. The Hall–Kier alpha value is -3.33. The molecule has 2 rings (SSSR count). The van der Waals surface area contributed by atoms with Gasteiger partial charge in [-0.15, -0.1) is 0 Å². The second kappa shape index (κ2) is 9.39. The summed E-state index contributed by atoms with van der Waals surface area (Å²) in [4.78, 5) is 25.8. The lowest BCUT2D eigenvalue weighted by Gasteiger charge is -2.21. The molecular formula is C21H23N3O3. The lowest BCUT2D eigenvalue weighted by Crippen LogP contribution is -2.32. The molecule has 0 aliphatic rings. The third-order valence-corrected chi connectivity index (χ3v) is 3.75. The minimum atomic E-state index is -0.225. The van der Waals surface area contributed by atoms with Crippen LogP contribution in [0.25, 0.3) is 0 Å². The van der Waals surface area contributed by atoms with Crippen LogP contribution in [0.1, 0.15) is 32.8 Å². The third kappa shape index (κ3) is 5.86. The molecule has 140 valence electrons. The molecule has 0 unspecified atom stereocenters. The van der Waals surface area contributed by atoms with Crippen LogP contribution in [0, 0.1) is 11.3 Å². The molecule has 27 heavy (non-hydrogen) atoms. The van der Waals surface area contributed by atoms with Gasteiger partial charge in [-0.3, -0.25) is 9.59 Å². The molecule has 0 saturated heterocycles. The van der Waals surface area contributed by atoms with Gasteiger partial charge in [-0.2, -0.15) is 5.26 Å². The molecule has 0 fully saturated rings. The lowest BCUT2D eigenvalue weighted by atomic mass is 10.2. The monoisotopic (exact) mass is 365 g/mol. The highest BCUT2D eigenvalue weighted by molar-refractivity contribution is 5.95. The molecule has 2 aromatic carbocycles. The second-order valence-electron chi connectivity index (χ2n) is 6.29.